The summed E-state index contributed by atoms with van der Waals surface area (Å²) in [5, 5.41) is 8.66. The molecule has 3 nitrogen and oxygen atoms in total. The van der Waals surface area contributed by atoms with Gasteiger partial charge in [-0.2, -0.15) is 0 Å². The van der Waals surface area contributed by atoms with Gasteiger partial charge in [0.15, 0.2) is 0 Å². The molecule has 0 saturated heterocycles. The summed E-state index contributed by atoms with van der Waals surface area (Å²) in [6, 6.07) is 10.1. The minimum atomic E-state index is -0.838. The lowest BCUT2D eigenvalue weighted by Gasteiger charge is -2.03. The molecule has 1 rings (SSSR count). The average Bonchev–Trinajstić information content (AvgIpc) is 2.38. The molecule has 0 fully saturated rings. The zero-order chi connectivity index (χ0) is 13.2. The van der Waals surface area contributed by atoms with Crippen LogP contribution in [0.1, 0.15) is 31.7 Å². The molecule has 0 saturated carbocycles. The van der Waals surface area contributed by atoms with Crippen molar-refractivity contribution in [3.8, 4) is 0 Å². The number of carboxylic acids is 1. The van der Waals surface area contributed by atoms with Crippen LogP contribution >= 0.6 is 0 Å². The number of hydrogen-bond donors (Lipinski definition) is 1. The zero-order valence-corrected chi connectivity index (χ0v) is 10.8. The maximum Gasteiger partial charge on any atom is 0.330 e. The summed E-state index contributed by atoms with van der Waals surface area (Å²) in [4.78, 5) is 10.5. The van der Waals surface area contributed by atoms with Crippen LogP contribution in [-0.2, 0) is 16.1 Å². The van der Waals surface area contributed by atoms with Crippen molar-refractivity contribution in [3.63, 3.8) is 0 Å². The topological polar surface area (TPSA) is 46.5 Å². The molecule has 0 amide bonds. The summed E-state index contributed by atoms with van der Waals surface area (Å²) in [5.41, 5.74) is 1.60. The number of unbranched alkanes of at least 4 members (excludes halogenated alkanes) is 2. The van der Waals surface area contributed by atoms with Crippen molar-refractivity contribution in [1.82, 2.24) is 0 Å². The summed E-state index contributed by atoms with van der Waals surface area (Å²) in [6.45, 7) is 2.98. The van der Waals surface area contributed by atoms with Crippen molar-refractivity contribution in [2.45, 2.75) is 32.8 Å². The van der Waals surface area contributed by atoms with Gasteiger partial charge in [0.2, 0.25) is 0 Å². The Labute approximate surface area is 108 Å². The molecule has 0 heterocycles. The minimum absolute atomic E-state index is 0.417. The van der Waals surface area contributed by atoms with Gasteiger partial charge in [-0.25, -0.2) is 4.79 Å². The quantitative estimate of drug-likeness (QED) is 0.566. The maximum atomic E-state index is 10.5. The lowest BCUT2D eigenvalue weighted by atomic mass is 10.2. The second-order valence-electron chi connectivity index (χ2n) is 4.23. The van der Waals surface area contributed by atoms with Crippen LogP contribution in [0.4, 0.5) is 0 Å². The monoisotopic (exact) mass is 248 g/mol. The Morgan fingerprint density at radius 1 is 1.28 bits per heavy atom. The van der Waals surface area contributed by atoms with Gasteiger partial charge in [0.25, 0.3) is 0 Å². The molecule has 0 bridgehead atoms. The molecule has 98 valence electrons. The van der Waals surface area contributed by atoms with Crippen molar-refractivity contribution in [3.05, 3.63) is 47.5 Å². The van der Waals surface area contributed by atoms with Crippen LogP contribution in [0.2, 0.25) is 0 Å². The average molecular weight is 248 g/mol. The molecule has 1 N–H and O–H groups in total. The van der Waals surface area contributed by atoms with Gasteiger partial charge in [-0.05, 0) is 31.7 Å². The van der Waals surface area contributed by atoms with Crippen molar-refractivity contribution in [2.24, 2.45) is 0 Å². The van der Waals surface area contributed by atoms with E-state index in [0.29, 0.717) is 12.2 Å². The second kappa shape index (κ2) is 8.48. The van der Waals surface area contributed by atoms with Gasteiger partial charge in [-0.15, -0.1) is 0 Å². The fraction of sp³-hybridized carbons (Fsp3) is 0.400. The maximum absolute atomic E-state index is 10.5. The first-order valence-electron chi connectivity index (χ1n) is 6.22. The second-order valence-corrected chi connectivity index (χ2v) is 4.23. The van der Waals surface area contributed by atoms with E-state index in [0.717, 1.165) is 25.9 Å². The van der Waals surface area contributed by atoms with E-state index in [9.17, 15) is 4.79 Å². The molecule has 0 unspecified atom stereocenters. The van der Waals surface area contributed by atoms with Crippen LogP contribution in [0.15, 0.2) is 42.0 Å². The molecule has 3 heteroatoms. The minimum Gasteiger partial charge on any atom is -0.478 e. The summed E-state index contributed by atoms with van der Waals surface area (Å²) >= 11 is 0. The number of carbonyl (C=O) groups is 1. The van der Waals surface area contributed by atoms with E-state index >= 15 is 0 Å². The standard InChI is InChI=1S/C15H20O3/c1-13(15(16)17)8-4-3-7-11-18-12-14-9-5-2-6-10-14/h2,5-6,8-10H,3-4,7,11-12H2,1H3,(H,16,17)/b13-8+. The van der Waals surface area contributed by atoms with Crippen LogP contribution in [-0.4, -0.2) is 17.7 Å². The molecule has 0 aromatic heterocycles. The van der Waals surface area contributed by atoms with Gasteiger partial charge in [-0.1, -0.05) is 36.4 Å². The normalized spacial score (nSPS) is 11.5. The van der Waals surface area contributed by atoms with E-state index in [-0.39, 0.29) is 0 Å². The van der Waals surface area contributed by atoms with Gasteiger partial charge in [-0.3, -0.25) is 0 Å². The van der Waals surface area contributed by atoms with E-state index in [1.807, 2.05) is 30.3 Å². The van der Waals surface area contributed by atoms with Crippen molar-refractivity contribution < 1.29 is 14.6 Å². The summed E-state index contributed by atoms with van der Waals surface area (Å²) in [7, 11) is 0. The molecular weight excluding hydrogens is 228 g/mol. The van der Waals surface area contributed by atoms with Crippen molar-refractivity contribution >= 4 is 5.97 Å². The van der Waals surface area contributed by atoms with Gasteiger partial charge < -0.3 is 9.84 Å². The molecule has 0 atom stereocenters. The highest BCUT2D eigenvalue weighted by molar-refractivity contribution is 5.85. The van der Waals surface area contributed by atoms with Crippen LogP contribution in [0.25, 0.3) is 0 Å². The Bertz CT molecular complexity index is 382. The summed E-state index contributed by atoms with van der Waals surface area (Å²) in [5.74, 6) is -0.838. The van der Waals surface area contributed by atoms with E-state index < -0.39 is 5.97 Å². The fourth-order valence-electron chi connectivity index (χ4n) is 1.52. The summed E-state index contributed by atoms with van der Waals surface area (Å²) in [6.07, 6.45) is 4.47. The number of allylic oxidation sites excluding steroid dienone is 1. The van der Waals surface area contributed by atoms with Crippen LogP contribution in [0, 0.1) is 0 Å². The SMILES string of the molecule is C/C(=C\CCCCOCc1ccccc1)C(=O)O. The third kappa shape index (κ3) is 6.21. The number of carboxylic acid groups (broad SMARTS) is 1. The molecule has 0 aliphatic rings. The predicted molar refractivity (Wildman–Crippen MR) is 71.3 cm³/mol. The molecular formula is C15H20O3. The van der Waals surface area contributed by atoms with Crippen LogP contribution in [0.5, 0.6) is 0 Å². The van der Waals surface area contributed by atoms with Gasteiger partial charge in [0.1, 0.15) is 0 Å². The third-order valence-electron chi connectivity index (χ3n) is 2.64. The predicted octanol–water partition coefficient (Wildman–Crippen LogP) is 3.40. The molecule has 1 aromatic rings. The first kappa shape index (κ1) is 14.5. The first-order chi connectivity index (χ1) is 8.70. The lowest BCUT2D eigenvalue weighted by Crippen LogP contribution is -1.97. The van der Waals surface area contributed by atoms with E-state index in [1.54, 1.807) is 13.0 Å². The van der Waals surface area contributed by atoms with Crippen molar-refractivity contribution in [2.75, 3.05) is 6.61 Å². The highest BCUT2D eigenvalue weighted by Gasteiger charge is 1.98. The number of rotatable bonds is 8. The van der Waals surface area contributed by atoms with Crippen LogP contribution in [0.3, 0.4) is 0 Å². The van der Waals surface area contributed by atoms with Gasteiger partial charge in [0, 0.05) is 12.2 Å². The largest absolute Gasteiger partial charge is 0.478 e. The Morgan fingerprint density at radius 3 is 2.67 bits per heavy atom. The lowest BCUT2D eigenvalue weighted by molar-refractivity contribution is -0.132. The first-order valence-corrected chi connectivity index (χ1v) is 6.22. The molecule has 0 aliphatic heterocycles. The highest BCUT2D eigenvalue weighted by Crippen LogP contribution is 2.04. The number of ether oxygens (including phenoxy) is 1. The van der Waals surface area contributed by atoms with Gasteiger partial charge in [0.05, 0.1) is 6.61 Å². The molecule has 0 radical (unpaired) electrons. The van der Waals surface area contributed by atoms with E-state index in [4.69, 9.17) is 9.84 Å². The fourth-order valence-corrected chi connectivity index (χ4v) is 1.52. The van der Waals surface area contributed by atoms with E-state index in [1.165, 1.54) is 5.56 Å². The highest BCUT2D eigenvalue weighted by atomic mass is 16.5. The number of hydrogen-bond acceptors (Lipinski definition) is 2. The molecule has 18 heavy (non-hydrogen) atoms. The third-order valence-corrected chi connectivity index (χ3v) is 2.64. The number of aliphatic carboxylic acids is 1. The van der Waals surface area contributed by atoms with Crippen molar-refractivity contribution in [1.29, 1.82) is 0 Å². The Morgan fingerprint density at radius 2 is 2.00 bits per heavy atom. The van der Waals surface area contributed by atoms with E-state index in [2.05, 4.69) is 0 Å². The van der Waals surface area contributed by atoms with Gasteiger partial charge >= 0.3 is 5.97 Å². The number of benzene rings is 1. The smallest absolute Gasteiger partial charge is 0.330 e. The molecule has 0 spiro atoms. The summed E-state index contributed by atoms with van der Waals surface area (Å²) < 4.78 is 5.54. The Kier molecular flexibility index (Phi) is 6.81. The Hall–Kier alpha value is -1.61. The zero-order valence-electron chi connectivity index (χ0n) is 10.8. The van der Waals surface area contributed by atoms with Crippen LogP contribution < -0.4 is 0 Å². The Balaban J connectivity index is 2.03. The molecule has 1 aromatic carbocycles. The molecule has 0 aliphatic carbocycles.